The number of rotatable bonds is 0. The predicted molar refractivity (Wildman–Crippen MR) is 243 cm³/mol. The Morgan fingerprint density at radius 3 is 0.931 bits per heavy atom. The summed E-state index contributed by atoms with van der Waals surface area (Å²) in [5, 5.41) is 2.86. The summed E-state index contributed by atoms with van der Waals surface area (Å²) in [5.74, 6) is 0. The third-order valence-electron chi connectivity index (χ3n) is 14.4. The SMILES string of the molecule is Cc1ccc2c(c1)C1(c3ccccc3-c3ccccc31)c1ccc3c4c(c(C(C)(C)C)c(C(C)(C)C)c-2c14)-c1ccc(C)cc1C31c2ccccc2-c2ccccc21. The first-order chi connectivity index (χ1) is 27.9. The Morgan fingerprint density at radius 1 is 0.310 bits per heavy atom. The van der Waals surface area contributed by atoms with E-state index in [9.17, 15) is 0 Å². The van der Waals surface area contributed by atoms with Crippen molar-refractivity contribution in [2.45, 2.75) is 77.0 Å². The summed E-state index contributed by atoms with van der Waals surface area (Å²) in [6.07, 6.45) is 0. The van der Waals surface area contributed by atoms with Gasteiger partial charge in [0.05, 0.1) is 10.8 Å². The van der Waals surface area contributed by atoms with Crippen LogP contribution >= 0.6 is 0 Å². The van der Waals surface area contributed by atoms with Crippen molar-refractivity contribution < 1.29 is 0 Å². The first kappa shape index (κ1) is 34.1. The number of benzene rings is 8. The number of hydrogen-bond acceptors (Lipinski definition) is 0. The van der Waals surface area contributed by atoms with Crippen LogP contribution in [0.5, 0.6) is 0 Å². The second-order valence-corrected chi connectivity index (χ2v) is 19.7. The van der Waals surface area contributed by atoms with E-state index in [4.69, 9.17) is 0 Å². The molecule has 0 amide bonds. The number of fused-ring (bicyclic) bond motifs is 18. The standard InChI is InChI=1S/C58H48/c1-33-25-27-39-47(31-33)57(41-21-13-9-17-35(41)36-18-10-14-22-42(36)57)45-29-30-46-52-50(54(56(6,7)8)53(55(3,4)5)49(39)51(45)52)40-28-26-34(2)32-48(40)58(46)43-23-15-11-19-37(43)38-20-12-16-24-44(38)58/h9-32H,1-8H3. The van der Waals surface area contributed by atoms with E-state index >= 15 is 0 Å². The lowest BCUT2D eigenvalue weighted by Gasteiger charge is -2.48. The van der Waals surface area contributed by atoms with Crippen molar-refractivity contribution in [1.82, 2.24) is 0 Å². The Bertz CT molecular complexity index is 2850. The van der Waals surface area contributed by atoms with Gasteiger partial charge in [0, 0.05) is 0 Å². The predicted octanol–water partition coefficient (Wildman–Crippen LogP) is 14.7. The minimum atomic E-state index is -0.484. The van der Waals surface area contributed by atoms with Crippen molar-refractivity contribution >= 4 is 10.8 Å². The van der Waals surface area contributed by atoms with Crippen LogP contribution < -0.4 is 0 Å². The van der Waals surface area contributed by atoms with Crippen molar-refractivity contribution in [2.75, 3.05) is 0 Å². The summed E-state index contributed by atoms with van der Waals surface area (Å²) in [7, 11) is 0. The van der Waals surface area contributed by atoms with E-state index in [1.165, 1.54) is 122 Å². The topological polar surface area (TPSA) is 0 Å². The van der Waals surface area contributed by atoms with Crippen molar-refractivity contribution in [3.8, 4) is 44.5 Å². The van der Waals surface area contributed by atoms with Gasteiger partial charge >= 0.3 is 0 Å². The van der Waals surface area contributed by atoms with Gasteiger partial charge in [-0.2, -0.15) is 0 Å². The Balaban J connectivity index is 1.42. The summed E-state index contributed by atoms with van der Waals surface area (Å²) in [6, 6.07) is 57.0. The fourth-order valence-electron chi connectivity index (χ4n) is 12.6. The van der Waals surface area contributed by atoms with Crippen LogP contribution in [0.2, 0.25) is 0 Å². The van der Waals surface area contributed by atoms with Crippen molar-refractivity contribution in [1.29, 1.82) is 0 Å². The molecule has 12 rings (SSSR count). The highest BCUT2D eigenvalue weighted by atomic mass is 14.6. The first-order valence-corrected chi connectivity index (χ1v) is 21.2. The van der Waals surface area contributed by atoms with Crippen LogP contribution in [0.25, 0.3) is 55.3 Å². The van der Waals surface area contributed by atoms with Crippen molar-refractivity contribution in [3.63, 3.8) is 0 Å². The van der Waals surface area contributed by atoms with E-state index in [1.807, 2.05) is 0 Å². The van der Waals surface area contributed by atoms with Gasteiger partial charge in [-0.25, -0.2) is 0 Å². The van der Waals surface area contributed by atoms with Gasteiger partial charge in [-0.1, -0.05) is 198 Å². The maximum atomic E-state index is 2.59. The van der Waals surface area contributed by atoms with Gasteiger partial charge in [0.1, 0.15) is 0 Å². The Morgan fingerprint density at radius 2 is 0.621 bits per heavy atom. The highest BCUT2D eigenvalue weighted by molar-refractivity contribution is 6.18. The maximum Gasteiger partial charge on any atom is 0.0725 e. The molecule has 0 unspecified atom stereocenters. The lowest BCUT2D eigenvalue weighted by atomic mass is 9.54. The lowest BCUT2D eigenvalue weighted by molar-refractivity contribution is 0.533. The van der Waals surface area contributed by atoms with Crippen LogP contribution in [-0.2, 0) is 21.7 Å². The molecular formula is C58H48. The molecule has 8 aromatic carbocycles. The molecule has 8 aromatic rings. The van der Waals surface area contributed by atoms with Gasteiger partial charge < -0.3 is 0 Å². The first-order valence-electron chi connectivity index (χ1n) is 21.2. The largest absolute Gasteiger partial charge is 0.0725 e. The molecule has 0 saturated carbocycles. The molecule has 0 atom stereocenters. The molecule has 0 saturated heterocycles. The van der Waals surface area contributed by atoms with Crippen LogP contribution in [0.4, 0.5) is 0 Å². The van der Waals surface area contributed by atoms with Gasteiger partial charge in [0.2, 0.25) is 0 Å². The van der Waals surface area contributed by atoms with Gasteiger partial charge in [0.15, 0.2) is 0 Å². The number of aryl methyl sites for hydroxylation is 2. The molecular weight excluding hydrogens is 697 g/mol. The molecule has 0 bridgehead atoms. The van der Waals surface area contributed by atoms with Crippen LogP contribution in [0, 0.1) is 13.8 Å². The maximum absolute atomic E-state index is 2.59. The third-order valence-corrected chi connectivity index (χ3v) is 14.4. The molecule has 0 aliphatic heterocycles. The Hall–Kier alpha value is -5.98. The van der Waals surface area contributed by atoms with Gasteiger partial charge in [0.25, 0.3) is 0 Å². The number of hydrogen-bond donors (Lipinski definition) is 0. The molecule has 0 nitrogen and oxygen atoms in total. The molecule has 58 heavy (non-hydrogen) atoms. The highest BCUT2D eigenvalue weighted by Gasteiger charge is 2.56. The molecule has 0 aromatic heterocycles. The van der Waals surface area contributed by atoms with E-state index in [1.54, 1.807) is 0 Å². The zero-order valence-corrected chi connectivity index (χ0v) is 34.9. The van der Waals surface area contributed by atoms with Gasteiger partial charge in [-0.15, -0.1) is 0 Å². The average Bonchev–Trinajstić information content (AvgIpc) is 3.67. The summed E-state index contributed by atoms with van der Waals surface area (Å²) < 4.78 is 0. The van der Waals surface area contributed by atoms with Crippen LogP contribution in [0.15, 0.2) is 146 Å². The molecule has 4 aliphatic rings. The minimum absolute atomic E-state index is 0.152. The molecule has 4 aliphatic carbocycles. The van der Waals surface area contributed by atoms with Crippen LogP contribution in [0.3, 0.4) is 0 Å². The quantitative estimate of drug-likeness (QED) is 0.145. The molecule has 2 spiro atoms. The Kier molecular flexibility index (Phi) is 6.43. The summed E-state index contributed by atoms with van der Waals surface area (Å²) in [6.45, 7) is 19.3. The fraction of sp³-hybridized carbons (Fsp3) is 0.207. The van der Waals surface area contributed by atoms with E-state index in [-0.39, 0.29) is 10.8 Å². The lowest BCUT2D eigenvalue weighted by Crippen LogP contribution is -2.37. The molecule has 0 heteroatoms. The van der Waals surface area contributed by atoms with E-state index in [0.29, 0.717) is 0 Å². The normalized spacial score (nSPS) is 15.5. The zero-order valence-electron chi connectivity index (χ0n) is 34.9. The zero-order chi connectivity index (χ0) is 39.7. The van der Waals surface area contributed by atoms with Crippen LogP contribution in [0.1, 0.15) is 108 Å². The monoisotopic (exact) mass is 744 g/mol. The van der Waals surface area contributed by atoms with Crippen molar-refractivity contribution in [2.24, 2.45) is 0 Å². The van der Waals surface area contributed by atoms with Crippen molar-refractivity contribution in [3.05, 3.63) is 212 Å². The summed E-state index contributed by atoms with van der Waals surface area (Å²) in [5.41, 5.74) is 26.5. The van der Waals surface area contributed by atoms with E-state index < -0.39 is 10.8 Å². The smallest absolute Gasteiger partial charge is 0.0619 e. The van der Waals surface area contributed by atoms with Crippen LogP contribution in [-0.4, -0.2) is 0 Å². The molecule has 0 heterocycles. The molecule has 0 fully saturated rings. The third kappa shape index (κ3) is 3.84. The second kappa shape index (κ2) is 10.9. The second-order valence-electron chi connectivity index (χ2n) is 19.7. The highest BCUT2D eigenvalue weighted by Crippen LogP contribution is 2.69. The van der Waals surface area contributed by atoms with Gasteiger partial charge in [-0.3, -0.25) is 0 Å². The Labute approximate surface area is 343 Å². The molecule has 280 valence electrons. The minimum Gasteiger partial charge on any atom is -0.0619 e. The van der Waals surface area contributed by atoms with E-state index in [0.717, 1.165) is 0 Å². The summed E-state index contributed by atoms with van der Waals surface area (Å²) >= 11 is 0. The fourth-order valence-corrected chi connectivity index (χ4v) is 12.6. The molecule has 0 N–H and O–H groups in total. The average molecular weight is 745 g/mol. The van der Waals surface area contributed by atoms with E-state index in [2.05, 4.69) is 201 Å². The molecule has 0 radical (unpaired) electrons. The summed E-state index contributed by atoms with van der Waals surface area (Å²) in [4.78, 5) is 0. The van der Waals surface area contributed by atoms with Gasteiger partial charge in [-0.05, 0) is 136 Å².